The van der Waals surface area contributed by atoms with E-state index in [0.29, 0.717) is 11.9 Å². The summed E-state index contributed by atoms with van der Waals surface area (Å²) in [6.45, 7) is 0. The van der Waals surface area contributed by atoms with E-state index < -0.39 is 0 Å². The van der Waals surface area contributed by atoms with Gasteiger partial charge in [-0.05, 0) is 158 Å². The first-order valence-corrected chi connectivity index (χ1v) is 37.7. The second-order valence-corrected chi connectivity index (χ2v) is 29.0. The minimum absolute atomic E-state index is 0.610. The van der Waals surface area contributed by atoms with Crippen LogP contribution in [0.4, 0.5) is 0 Å². The van der Waals surface area contributed by atoms with Gasteiger partial charge < -0.3 is 17.7 Å². The zero-order valence-electron chi connectivity index (χ0n) is 59.8. The lowest BCUT2D eigenvalue weighted by atomic mass is 9.94. The van der Waals surface area contributed by atoms with Crippen molar-refractivity contribution in [2.24, 2.45) is 0 Å². The summed E-state index contributed by atoms with van der Waals surface area (Å²) in [5.74, 6) is 1.23. The maximum absolute atomic E-state index is 7.07. The molecule has 0 fully saturated rings. The number of rotatable bonds is 7. The number of fused-ring (bicyclic) bond motifs is 26. The summed E-state index contributed by atoms with van der Waals surface area (Å²) < 4.78 is 31.1. The number of furan rings is 4. The molecule has 0 unspecified atom stereocenters. The molecule has 0 bridgehead atoms. The molecule has 10 heteroatoms. The molecule has 8 heterocycles. The largest absolute Gasteiger partial charge is 0.456 e. The molecule has 0 aliphatic heterocycles. The lowest BCUT2D eigenvalue weighted by molar-refractivity contribution is 0.668. The molecule has 0 aliphatic rings. The molecule has 17 aromatic carbocycles. The number of para-hydroxylation sites is 6. The van der Waals surface area contributed by atoms with E-state index in [1.807, 2.05) is 54.6 Å². The average molecular weight is 1430 g/mol. The minimum atomic E-state index is 0.610. The zero-order valence-corrected chi connectivity index (χ0v) is 59.8. The van der Waals surface area contributed by atoms with Crippen LogP contribution < -0.4 is 0 Å². The zero-order chi connectivity index (χ0) is 73.2. The number of hydrogen-bond donors (Lipinski definition) is 0. The van der Waals surface area contributed by atoms with Crippen LogP contribution >= 0.6 is 0 Å². The Hall–Kier alpha value is -15.3. The van der Waals surface area contributed by atoms with E-state index in [4.69, 9.17) is 37.6 Å². The Morgan fingerprint density at radius 2 is 0.562 bits per heavy atom. The molecular weight excluding hydrogens is 1370 g/mol. The Labute approximate surface area is 637 Å². The van der Waals surface area contributed by atoms with Crippen LogP contribution in [-0.4, -0.2) is 29.1 Å². The van der Waals surface area contributed by atoms with Crippen molar-refractivity contribution in [2.45, 2.75) is 0 Å². The highest BCUT2D eigenvalue weighted by atomic mass is 16.3. The van der Waals surface area contributed by atoms with Crippen molar-refractivity contribution in [3.05, 3.63) is 352 Å². The highest BCUT2D eigenvalue weighted by Crippen LogP contribution is 2.49. The minimum Gasteiger partial charge on any atom is -0.456 e. The summed E-state index contributed by atoms with van der Waals surface area (Å²) in [6.07, 6.45) is 0. The van der Waals surface area contributed by atoms with Crippen molar-refractivity contribution < 1.29 is 17.7 Å². The van der Waals surface area contributed by atoms with Crippen LogP contribution in [0.15, 0.2) is 370 Å². The topological polar surface area (TPSA) is 114 Å². The van der Waals surface area contributed by atoms with Crippen molar-refractivity contribution in [2.75, 3.05) is 0 Å². The fourth-order valence-corrected chi connectivity index (χ4v) is 17.8. The summed E-state index contributed by atoms with van der Waals surface area (Å²) in [6, 6.07) is 123. The van der Waals surface area contributed by atoms with Crippen LogP contribution in [0.2, 0.25) is 0 Å². The van der Waals surface area contributed by atoms with Gasteiger partial charge in [-0.25, -0.2) is 19.9 Å². The quantitative estimate of drug-likeness (QED) is 0.155. The van der Waals surface area contributed by atoms with Gasteiger partial charge in [0.1, 0.15) is 44.7 Å². The Kier molecular flexibility index (Phi) is 13.3. The van der Waals surface area contributed by atoms with Crippen LogP contribution in [0.25, 0.3) is 243 Å². The number of aromatic nitrogens is 6. The third-order valence-electron chi connectivity index (χ3n) is 22.8. The van der Waals surface area contributed by atoms with E-state index in [0.717, 1.165) is 225 Å². The normalized spacial score (nSPS) is 12.1. The summed E-state index contributed by atoms with van der Waals surface area (Å²) in [5, 5.41) is 19.7. The predicted molar refractivity (Wildman–Crippen MR) is 459 cm³/mol. The molecule has 0 amide bonds. The van der Waals surface area contributed by atoms with Gasteiger partial charge in [-0.2, -0.15) is 0 Å². The third kappa shape index (κ3) is 9.33. The van der Waals surface area contributed by atoms with Crippen molar-refractivity contribution in [3.8, 4) is 67.8 Å². The fraction of sp³-hybridized carbons (Fsp3) is 0. The maximum Gasteiger partial charge on any atom is 0.235 e. The first-order valence-electron chi connectivity index (χ1n) is 37.7. The van der Waals surface area contributed by atoms with Crippen LogP contribution in [0.5, 0.6) is 0 Å². The fourth-order valence-electron chi connectivity index (χ4n) is 17.8. The monoisotopic (exact) mass is 1430 g/mol. The summed E-state index contributed by atoms with van der Waals surface area (Å²) in [7, 11) is 0. The van der Waals surface area contributed by atoms with E-state index in [1.54, 1.807) is 0 Å². The SMILES string of the molecule is c1ccc(-c2cccc(-c3nc(-n4c5ccccc5c5c6oc7cc(-c8ccc9c(c8)oc8ccccc89)c8ccccc8c7c6ccc54)nc4ccccc34)c2)cc1.c1ccc(-c2nc(-n3c4ccccc4c4c5oc6cc(-c7ccc8c(c7)oc7ccccc78)c7ccccc7c6c5ccc43)nc3ccccc23)cc1. The first kappa shape index (κ1) is 61.8. The van der Waals surface area contributed by atoms with Crippen LogP contribution in [0.3, 0.4) is 0 Å². The van der Waals surface area contributed by atoms with E-state index in [1.165, 1.54) is 5.39 Å². The summed E-state index contributed by atoms with van der Waals surface area (Å²) >= 11 is 0. The van der Waals surface area contributed by atoms with E-state index in [2.05, 4.69) is 306 Å². The molecule has 0 saturated heterocycles. The molecule has 0 radical (unpaired) electrons. The summed E-state index contributed by atoms with van der Waals surface area (Å²) in [5.41, 5.74) is 23.2. The second kappa shape index (κ2) is 24.1. The lowest BCUT2D eigenvalue weighted by Crippen LogP contribution is -2.03. The highest BCUT2D eigenvalue weighted by Gasteiger charge is 2.27. The molecule has 10 nitrogen and oxygen atoms in total. The van der Waals surface area contributed by atoms with Gasteiger partial charge in [0, 0.05) is 75.8 Å². The molecule has 0 saturated carbocycles. The molecule has 112 heavy (non-hydrogen) atoms. The highest BCUT2D eigenvalue weighted by molar-refractivity contribution is 6.31. The predicted octanol–water partition coefficient (Wildman–Crippen LogP) is 27.7. The van der Waals surface area contributed by atoms with Gasteiger partial charge in [0.05, 0.1) is 55.3 Å². The maximum atomic E-state index is 7.07. The Morgan fingerprint density at radius 1 is 0.188 bits per heavy atom. The van der Waals surface area contributed by atoms with E-state index >= 15 is 0 Å². The van der Waals surface area contributed by atoms with Crippen LogP contribution in [0, 0.1) is 0 Å². The van der Waals surface area contributed by atoms with Crippen LogP contribution in [0.1, 0.15) is 0 Å². The van der Waals surface area contributed by atoms with Crippen molar-refractivity contribution in [1.29, 1.82) is 0 Å². The lowest BCUT2D eigenvalue weighted by Gasteiger charge is -2.12. The third-order valence-corrected chi connectivity index (χ3v) is 22.8. The average Bonchev–Trinajstić information content (AvgIpc) is 1.55. The molecule has 0 spiro atoms. The van der Waals surface area contributed by atoms with Crippen molar-refractivity contribution in [1.82, 2.24) is 29.1 Å². The standard InChI is InChI=1S/C54H31N3O2.C48H27N3O2/c1-2-13-32(14-3-1)33-15-12-16-35(29-33)52-40-20-6-9-22-44(40)55-54(56-52)57-45-23-10-7-21-41(45)51-46(57)28-27-42-50-39-19-5-4-17-36(39)43(31-49(50)59-53(42)51)34-25-26-38-37-18-8-11-24-47(37)58-48(38)30-34;1-2-12-28(13-3-1)46-34-17-6-9-19-38(34)49-48(50-46)51-39-20-10-7-18-35(39)45-40(51)25-24-36-44-33-16-5-4-14-30(33)37(27-43(44)53-47(36)45)29-22-23-32-31-15-8-11-21-41(31)52-42(32)26-29/h1-31H;1-27H. The van der Waals surface area contributed by atoms with Gasteiger partial charge in [-0.1, -0.05) is 249 Å². The van der Waals surface area contributed by atoms with Crippen molar-refractivity contribution >= 4 is 175 Å². The number of hydrogen-bond acceptors (Lipinski definition) is 8. The Morgan fingerprint density at radius 3 is 1.06 bits per heavy atom. The molecule has 8 aromatic heterocycles. The molecule has 25 rings (SSSR count). The Bertz CT molecular complexity index is 8280. The van der Waals surface area contributed by atoms with Gasteiger partial charge in [0.25, 0.3) is 0 Å². The van der Waals surface area contributed by atoms with Gasteiger partial charge in [-0.3, -0.25) is 9.13 Å². The molecule has 25 aromatic rings. The van der Waals surface area contributed by atoms with Gasteiger partial charge in [-0.15, -0.1) is 0 Å². The molecule has 0 aliphatic carbocycles. The van der Waals surface area contributed by atoms with Gasteiger partial charge in [0.15, 0.2) is 0 Å². The van der Waals surface area contributed by atoms with Gasteiger partial charge in [0.2, 0.25) is 11.9 Å². The molecule has 0 N–H and O–H groups in total. The molecule has 0 atom stereocenters. The van der Waals surface area contributed by atoms with E-state index in [-0.39, 0.29) is 0 Å². The Balaban J connectivity index is 0.000000131. The van der Waals surface area contributed by atoms with Crippen molar-refractivity contribution in [3.63, 3.8) is 0 Å². The summed E-state index contributed by atoms with van der Waals surface area (Å²) in [4.78, 5) is 21.1. The second-order valence-electron chi connectivity index (χ2n) is 29.0. The number of benzene rings is 17. The molecule has 520 valence electrons. The van der Waals surface area contributed by atoms with Crippen LogP contribution in [-0.2, 0) is 0 Å². The molecular formula is C102H58N6O4. The first-order chi connectivity index (χ1) is 55.5. The van der Waals surface area contributed by atoms with E-state index in [9.17, 15) is 0 Å². The smallest absolute Gasteiger partial charge is 0.235 e. The number of nitrogens with zero attached hydrogens (tertiary/aromatic N) is 6. The van der Waals surface area contributed by atoms with Gasteiger partial charge >= 0.3 is 0 Å².